The average Bonchev–Trinajstić information content (AvgIpc) is 3.24. The van der Waals surface area contributed by atoms with Crippen molar-refractivity contribution in [2.24, 2.45) is 0 Å². The number of aliphatic hydroxyl groups is 5. The van der Waals surface area contributed by atoms with Crippen molar-refractivity contribution in [2.75, 3.05) is 19.8 Å². The lowest BCUT2D eigenvalue weighted by atomic mass is 9.85. The Bertz CT molecular complexity index is 1110. The summed E-state index contributed by atoms with van der Waals surface area (Å²) in [5.74, 6) is -0.484. The van der Waals surface area contributed by atoms with Crippen molar-refractivity contribution in [3.8, 4) is 0 Å². The molecule has 360 valence electrons. The number of phosphoric ester groups is 1. The molecule has 1 rings (SSSR count). The highest BCUT2D eigenvalue weighted by Gasteiger charge is 2.51. The minimum Gasteiger partial charge on any atom is -0.457 e. The van der Waals surface area contributed by atoms with Gasteiger partial charge < -0.3 is 39.9 Å². The van der Waals surface area contributed by atoms with Crippen LogP contribution in [0.5, 0.6) is 0 Å². The van der Waals surface area contributed by atoms with Crippen LogP contribution in [0.2, 0.25) is 0 Å². The zero-order valence-electron chi connectivity index (χ0n) is 38.5. The van der Waals surface area contributed by atoms with E-state index in [1.807, 2.05) is 0 Å². The molecule has 0 amide bonds. The average molecular weight is 891 g/mol. The molecule has 0 heterocycles. The number of carbonyl (C=O) groups is 1. The van der Waals surface area contributed by atoms with Crippen LogP contribution in [-0.4, -0.2) is 98.9 Å². The lowest BCUT2D eigenvalue weighted by Crippen LogP contribution is -2.64. The van der Waals surface area contributed by atoms with E-state index < -0.39 is 63.1 Å². The minimum atomic E-state index is -5.02. The van der Waals surface area contributed by atoms with Crippen LogP contribution >= 0.6 is 7.82 Å². The molecule has 1 saturated carbocycles. The summed E-state index contributed by atoms with van der Waals surface area (Å²) in [6.45, 7) is 4.25. The van der Waals surface area contributed by atoms with Crippen LogP contribution in [0.15, 0.2) is 24.3 Å². The minimum absolute atomic E-state index is 0.0782. The lowest BCUT2D eigenvalue weighted by Gasteiger charge is -2.41. The lowest BCUT2D eigenvalue weighted by molar-refractivity contribution is -0.220. The number of unbranched alkanes of at least 4 members (excludes halogenated alkanes) is 26. The zero-order chi connectivity index (χ0) is 44.8. The number of esters is 1. The maximum atomic E-state index is 12.8. The van der Waals surface area contributed by atoms with Gasteiger partial charge in [0.2, 0.25) is 0 Å². The fraction of sp³-hybridized carbons (Fsp3) is 0.896. The molecule has 1 aliphatic carbocycles. The number of aliphatic hydroxyl groups excluding tert-OH is 5. The monoisotopic (exact) mass is 891 g/mol. The second-order valence-electron chi connectivity index (χ2n) is 17.3. The molecule has 0 aromatic carbocycles. The predicted octanol–water partition coefficient (Wildman–Crippen LogP) is 10.5. The van der Waals surface area contributed by atoms with Crippen molar-refractivity contribution in [1.29, 1.82) is 0 Å². The molecule has 1 aliphatic rings. The van der Waals surface area contributed by atoms with Crippen LogP contribution in [0.3, 0.4) is 0 Å². The molecule has 0 spiro atoms. The predicted molar refractivity (Wildman–Crippen MR) is 244 cm³/mol. The van der Waals surface area contributed by atoms with Gasteiger partial charge in [0.05, 0.1) is 13.2 Å². The van der Waals surface area contributed by atoms with Crippen LogP contribution in [0.25, 0.3) is 0 Å². The number of ether oxygens (including phenoxy) is 2. The molecular weight excluding hydrogens is 799 g/mol. The van der Waals surface area contributed by atoms with Crippen LogP contribution in [0.4, 0.5) is 0 Å². The summed E-state index contributed by atoms with van der Waals surface area (Å²) in [6.07, 6.45) is 32.4. The van der Waals surface area contributed by atoms with Gasteiger partial charge in [0.1, 0.15) is 42.7 Å². The van der Waals surface area contributed by atoms with Gasteiger partial charge in [0.15, 0.2) is 0 Å². The summed E-state index contributed by atoms with van der Waals surface area (Å²) < 4.78 is 34.2. The normalized spacial score (nSPS) is 22.3. The summed E-state index contributed by atoms with van der Waals surface area (Å²) in [4.78, 5) is 23.2. The van der Waals surface area contributed by atoms with E-state index in [4.69, 9.17) is 18.5 Å². The SMILES string of the molecule is CCCCCCC/C=C\CCCCCCCC(=O)OC(COCCCCCCCCCCCC/C=C\CCCCCCCC)COP(=O)(O)OC1C(O)C(O)C(O)C(O)C1O. The van der Waals surface area contributed by atoms with Crippen molar-refractivity contribution >= 4 is 13.8 Å². The summed E-state index contributed by atoms with van der Waals surface area (Å²) in [5.41, 5.74) is 0. The summed E-state index contributed by atoms with van der Waals surface area (Å²) in [7, 11) is -5.02. The molecule has 12 nitrogen and oxygen atoms in total. The Morgan fingerprint density at radius 3 is 1.30 bits per heavy atom. The molecule has 0 aliphatic heterocycles. The van der Waals surface area contributed by atoms with Crippen molar-refractivity contribution in [3.05, 3.63) is 24.3 Å². The maximum Gasteiger partial charge on any atom is 0.472 e. The van der Waals surface area contributed by atoms with Gasteiger partial charge in [-0.15, -0.1) is 0 Å². The first-order chi connectivity index (χ1) is 29.5. The molecule has 6 atom stereocenters. The van der Waals surface area contributed by atoms with E-state index in [0.717, 1.165) is 57.8 Å². The van der Waals surface area contributed by atoms with Gasteiger partial charge in [-0.25, -0.2) is 4.57 Å². The van der Waals surface area contributed by atoms with Crippen LogP contribution < -0.4 is 0 Å². The van der Waals surface area contributed by atoms with E-state index in [2.05, 4.69) is 38.2 Å². The quantitative estimate of drug-likeness (QED) is 0.0147. The van der Waals surface area contributed by atoms with E-state index in [1.165, 1.54) is 128 Å². The summed E-state index contributed by atoms with van der Waals surface area (Å²) in [5, 5.41) is 50.2. The highest BCUT2D eigenvalue weighted by atomic mass is 31.2. The fourth-order valence-corrected chi connectivity index (χ4v) is 8.55. The third-order valence-electron chi connectivity index (χ3n) is 11.5. The summed E-state index contributed by atoms with van der Waals surface area (Å²) >= 11 is 0. The van der Waals surface area contributed by atoms with Gasteiger partial charge in [0.25, 0.3) is 0 Å². The van der Waals surface area contributed by atoms with Crippen LogP contribution in [-0.2, 0) is 27.9 Å². The molecule has 0 saturated heterocycles. The fourth-order valence-electron chi connectivity index (χ4n) is 7.58. The first-order valence-corrected chi connectivity index (χ1v) is 26.2. The number of hydrogen-bond acceptors (Lipinski definition) is 11. The molecule has 1 fully saturated rings. The maximum absolute atomic E-state index is 12.8. The van der Waals surface area contributed by atoms with Gasteiger partial charge in [-0.3, -0.25) is 13.8 Å². The van der Waals surface area contributed by atoms with E-state index >= 15 is 0 Å². The van der Waals surface area contributed by atoms with E-state index in [-0.39, 0.29) is 13.0 Å². The molecule has 0 aromatic rings. The van der Waals surface area contributed by atoms with E-state index in [1.54, 1.807) is 0 Å². The Morgan fingerprint density at radius 2 is 0.869 bits per heavy atom. The number of rotatable bonds is 42. The smallest absolute Gasteiger partial charge is 0.457 e. The molecule has 0 bridgehead atoms. The molecular formula is C48H91O12P. The molecule has 13 heteroatoms. The molecule has 6 unspecified atom stereocenters. The first-order valence-electron chi connectivity index (χ1n) is 24.7. The van der Waals surface area contributed by atoms with E-state index in [0.29, 0.717) is 13.0 Å². The molecule has 0 radical (unpaired) electrons. The third kappa shape index (κ3) is 31.4. The third-order valence-corrected chi connectivity index (χ3v) is 12.5. The second-order valence-corrected chi connectivity index (χ2v) is 18.7. The van der Waals surface area contributed by atoms with Crippen LogP contribution in [0.1, 0.15) is 213 Å². The van der Waals surface area contributed by atoms with Crippen molar-refractivity contribution < 1.29 is 58.3 Å². The molecule has 61 heavy (non-hydrogen) atoms. The van der Waals surface area contributed by atoms with Crippen molar-refractivity contribution in [3.63, 3.8) is 0 Å². The topological polar surface area (TPSA) is 192 Å². The Labute approximate surface area is 370 Å². The first kappa shape index (κ1) is 57.8. The molecule has 6 N–H and O–H groups in total. The standard InChI is InChI=1S/C48H91O12P/c1-3-5-7-9-11-13-15-17-19-20-21-22-23-24-26-28-30-32-34-36-38-57-39-41(40-58-61(55,56)60-48-46(53)44(51)43(50)45(52)47(48)54)59-42(49)37-35-33-31-29-27-25-18-16-14-12-10-8-6-4-2/h16-19,41,43-48,50-54H,3-15,20-40H2,1-2H3,(H,55,56)/b18-16-,19-17-. The van der Waals surface area contributed by atoms with Gasteiger partial charge in [-0.05, 0) is 64.2 Å². The van der Waals surface area contributed by atoms with Crippen LogP contribution in [0, 0.1) is 0 Å². The Morgan fingerprint density at radius 1 is 0.508 bits per heavy atom. The van der Waals surface area contributed by atoms with Crippen molar-refractivity contribution in [2.45, 2.75) is 256 Å². The Kier molecular flexibility index (Phi) is 37.2. The largest absolute Gasteiger partial charge is 0.472 e. The zero-order valence-corrected chi connectivity index (χ0v) is 39.4. The van der Waals surface area contributed by atoms with E-state index in [9.17, 15) is 39.8 Å². The number of hydrogen-bond donors (Lipinski definition) is 6. The Hall–Kier alpha value is -1.18. The van der Waals surface area contributed by atoms with Gasteiger partial charge in [-0.2, -0.15) is 0 Å². The number of allylic oxidation sites excluding steroid dienone is 4. The van der Waals surface area contributed by atoms with Gasteiger partial charge in [-0.1, -0.05) is 167 Å². The molecule has 0 aromatic heterocycles. The summed E-state index contributed by atoms with van der Waals surface area (Å²) in [6, 6.07) is 0. The number of carbonyl (C=O) groups excluding carboxylic acids is 1. The highest BCUT2D eigenvalue weighted by Crippen LogP contribution is 2.47. The highest BCUT2D eigenvalue weighted by molar-refractivity contribution is 7.47. The Balaban J connectivity index is 2.35. The second kappa shape index (κ2) is 39.2. The number of phosphoric acid groups is 1. The van der Waals surface area contributed by atoms with Gasteiger partial charge >= 0.3 is 13.8 Å². The van der Waals surface area contributed by atoms with Crippen molar-refractivity contribution in [1.82, 2.24) is 0 Å². The van der Waals surface area contributed by atoms with Gasteiger partial charge in [0, 0.05) is 13.0 Å².